The molecule has 1 aromatic carbocycles. The first kappa shape index (κ1) is 20.3. The number of benzene rings is 1. The van der Waals surface area contributed by atoms with Gasteiger partial charge in [-0.3, -0.25) is 0 Å². The fraction of sp³-hybridized carbons (Fsp3) is 0.630. The summed E-state index contributed by atoms with van der Waals surface area (Å²) in [5, 5.41) is 4.57. The molecule has 4 unspecified atom stereocenters. The molecule has 0 aliphatic heterocycles. The highest BCUT2D eigenvalue weighted by Gasteiger charge is 2.74. The van der Waals surface area contributed by atoms with Gasteiger partial charge in [0.25, 0.3) is 0 Å². The van der Waals surface area contributed by atoms with Gasteiger partial charge in [0.2, 0.25) is 0 Å². The Labute approximate surface area is 190 Å². The normalized spacial score (nSPS) is 39.1. The second kappa shape index (κ2) is 5.78. The molecule has 0 saturated heterocycles. The van der Waals surface area contributed by atoms with E-state index in [1.165, 1.54) is 6.42 Å². The van der Waals surface area contributed by atoms with Gasteiger partial charge in [0.1, 0.15) is 5.41 Å². The molecule has 1 aromatic heterocycles. The summed E-state index contributed by atoms with van der Waals surface area (Å²) in [5.41, 5.74) is 3.38. The number of nitrogens with zero attached hydrogens (tertiary/aromatic N) is 3. The Balaban J connectivity index is 1.44. The molecule has 3 saturated carbocycles. The van der Waals surface area contributed by atoms with Gasteiger partial charge in [0.15, 0.2) is 0 Å². The molecule has 5 nitrogen and oxygen atoms in total. The van der Waals surface area contributed by atoms with Crippen molar-refractivity contribution in [3.8, 4) is 0 Å². The molecule has 4 atom stereocenters. The summed E-state index contributed by atoms with van der Waals surface area (Å²) >= 11 is 0. The van der Waals surface area contributed by atoms with Crippen LogP contribution in [-0.4, -0.2) is 21.6 Å². The van der Waals surface area contributed by atoms with E-state index >= 15 is 0 Å². The fourth-order valence-corrected chi connectivity index (χ4v) is 7.74. The first-order valence-corrected chi connectivity index (χ1v) is 12.1. The van der Waals surface area contributed by atoms with Crippen molar-refractivity contribution in [1.82, 2.24) is 9.97 Å². The second-order valence-corrected chi connectivity index (χ2v) is 12.2. The molecule has 32 heavy (non-hydrogen) atoms. The van der Waals surface area contributed by atoms with E-state index in [9.17, 15) is 4.79 Å². The summed E-state index contributed by atoms with van der Waals surface area (Å²) in [6.07, 6.45) is 4.92. The number of carbonyl (C=O) groups excluding carboxylic acids is 1. The number of hydrogen-bond acceptors (Lipinski definition) is 5. The standard InChI is InChI=1S/C27H33N3O2/c1-23(2)16-11-12-25(23,5)19(15-16)30-32-22(31)27-14-13-26(6,24(27,3)4)20-21(27)29-18-10-8-7-9-17(18)28-20/h7-10,16H,11-15H2,1-6H3/b30-19+. The van der Waals surface area contributed by atoms with Crippen LogP contribution in [0.2, 0.25) is 0 Å². The molecular formula is C27H33N3O2. The third kappa shape index (κ3) is 1.99. The van der Waals surface area contributed by atoms with Crippen molar-refractivity contribution >= 4 is 22.7 Å². The SMILES string of the molecule is CC12CCC(C/C1=N\OC(=O)C13CCC(C)(c4nc5ccccc5nc41)C3(C)C)C2(C)C. The van der Waals surface area contributed by atoms with Gasteiger partial charge in [-0.15, -0.1) is 0 Å². The number of carbonyl (C=O) groups is 1. The minimum absolute atomic E-state index is 0.0128. The fourth-order valence-electron chi connectivity index (χ4n) is 7.74. The zero-order valence-electron chi connectivity index (χ0n) is 20.1. The van der Waals surface area contributed by atoms with Crippen LogP contribution in [0, 0.1) is 22.2 Å². The summed E-state index contributed by atoms with van der Waals surface area (Å²) < 4.78 is 0. The number of rotatable bonds is 2. The van der Waals surface area contributed by atoms with E-state index in [0.717, 1.165) is 53.8 Å². The second-order valence-electron chi connectivity index (χ2n) is 12.2. The van der Waals surface area contributed by atoms with E-state index in [4.69, 9.17) is 14.8 Å². The molecule has 4 bridgehead atoms. The van der Waals surface area contributed by atoms with E-state index in [0.29, 0.717) is 5.92 Å². The van der Waals surface area contributed by atoms with Crippen molar-refractivity contribution in [2.45, 2.75) is 84.5 Å². The van der Waals surface area contributed by atoms with Gasteiger partial charge >= 0.3 is 5.97 Å². The van der Waals surface area contributed by atoms with Crippen molar-refractivity contribution in [2.24, 2.45) is 27.3 Å². The minimum atomic E-state index is -0.813. The average Bonchev–Trinajstić information content (AvgIpc) is 3.25. The topological polar surface area (TPSA) is 64.4 Å². The summed E-state index contributed by atoms with van der Waals surface area (Å²) in [7, 11) is 0. The van der Waals surface area contributed by atoms with Crippen LogP contribution < -0.4 is 0 Å². The van der Waals surface area contributed by atoms with Crippen LogP contribution in [0.1, 0.15) is 85.0 Å². The molecule has 3 fully saturated rings. The number of aromatic nitrogens is 2. The van der Waals surface area contributed by atoms with E-state index in [2.05, 4.69) is 46.7 Å². The van der Waals surface area contributed by atoms with Crippen LogP contribution in [0.3, 0.4) is 0 Å². The van der Waals surface area contributed by atoms with Gasteiger partial charge in [0, 0.05) is 10.8 Å². The average molecular weight is 432 g/mol. The third-order valence-corrected chi connectivity index (χ3v) is 11.0. The monoisotopic (exact) mass is 431 g/mol. The Morgan fingerprint density at radius 3 is 2.19 bits per heavy atom. The van der Waals surface area contributed by atoms with Gasteiger partial charge in [-0.25, -0.2) is 14.8 Å². The van der Waals surface area contributed by atoms with Crippen LogP contribution in [-0.2, 0) is 20.5 Å². The van der Waals surface area contributed by atoms with Crippen LogP contribution >= 0.6 is 0 Å². The minimum Gasteiger partial charge on any atom is -0.317 e. The molecule has 4 aliphatic rings. The maximum absolute atomic E-state index is 13.9. The zero-order valence-corrected chi connectivity index (χ0v) is 20.1. The first-order valence-electron chi connectivity index (χ1n) is 12.1. The van der Waals surface area contributed by atoms with E-state index < -0.39 is 5.41 Å². The highest BCUT2D eigenvalue weighted by molar-refractivity contribution is 5.95. The Kier molecular flexibility index (Phi) is 3.67. The molecule has 0 radical (unpaired) electrons. The van der Waals surface area contributed by atoms with Gasteiger partial charge < -0.3 is 4.84 Å². The maximum atomic E-state index is 13.9. The van der Waals surface area contributed by atoms with Crippen LogP contribution in [0.15, 0.2) is 29.4 Å². The van der Waals surface area contributed by atoms with Crippen molar-refractivity contribution in [3.05, 3.63) is 35.7 Å². The van der Waals surface area contributed by atoms with E-state index in [1.807, 2.05) is 24.3 Å². The number of hydrogen-bond donors (Lipinski definition) is 0. The Morgan fingerprint density at radius 1 is 0.938 bits per heavy atom. The lowest BCUT2D eigenvalue weighted by Crippen LogP contribution is -2.46. The predicted octanol–water partition coefficient (Wildman–Crippen LogP) is 5.70. The highest BCUT2D eigenvalue weighted by Crippen LogP contribution is 2.70. The molecule has 0 spiro atoms. The van der Waals surface area contributed by atoms with Crippen molar-refractivity contribution in [2.75, 3.05) is 0 Å². The Morgan fingerprint density at radius 2 is 1.59 bits per heavy atom. The summed E-state index contributed by atoms with van der Waals surface area (Å²) in [4.78, 5) is 29.8. The molecule has 0 amide bonds. The van der Waals surface area contributed by atoms with Crippen molar-refractivity contribution < 1.29 is 9.63 Å². The Hall–Kier alpha value is -2.30. The summed E-state index contributed by atoms with van der Waals surface area (Å²) in [6.45, 7) is 13.6. The lowest BCUT2D eigenvalue weighted by molar-refractivity contribution is -0.155. The third-order valence-electron chi connectivity index (χ3n) is 11.0. The molecule has 6 rings (SSSR count). The first-order chi connectivity index (χ1) is 15.0. The molecule has 5 heteroatoms. The van der Waals surface area contributed by atoms with Gasteiger partial charge in [-0.1, -0.05) is 58.8 Å². The molecule has 2 aromatic rings. The smallest absolute Gasteiger partial charge is 0.317 e. The number of para-hydroxylation sites is 2. The van der Waals surface area contributed by atoms with Gasteiger partial charge in [0.05, 0.1) is 28.1 Å². The molecular weight excluding hydrogens is 398 g/mol. The lowest BCUT2D eigenvalue weighted by atomic mass is 9.64. The number of oxime groups is 1. The zero-order chi connectivity index (χ0) is 22.7. The molecule has 0 N–H and O–H groups in total. The van der Waals surface area contributed by atoms with Gasteiger partial charge in [-0.05, 0) is 61.0 Å². The molecule has 4 aliphatic carbocycles. The highest BCUT2D eigenvalue weighted by atomic mass is 16.7. The van der Waals surface area contributed by atoms with Crippen LogP contribution in [0.4, 0.5) is 0 Å². The Bertz CT molecular complexity index is 1210. The summed E-state index contributed by atoms with van der Waals surface area (Å²) in [6, 6.07) is 7.93. The predicted molar refractivity (Wildman–Crippen MR) is 124 cm³/mol. The van der Waals surface area contributed by atoms with Gasteiger partial charge in [-0.2, -0.15) is 0 Å². The molecule has 1 heterocycles. The summed E-state index contributed by atoms with van der Waals surface area (Å²) in [5.74, 6) is 0.366. The lowest BCUT2D eigenvalue weighted by Gasteiger charge is -2.38. The van der Waals surface area contributed by atoms with E-state index in [1.54, 1.807) is 0 Å². The maximum Gasteiger partial charge on any atom is 0.347 e. The molecule has 168 valence electrons. The largest absolute Gasteiger partial charge is 0.347 e. The van der Waals surface area contributed by atoms with Crippen LogP contribution in [0.5, 0.6) is 0 Å². The van der Waals surface area contributed by atoms with Crippen LogP contribution in [0.25, 0.3) is 11.0 Å². The van der Waals surface area contributed by atoms with Crippen molar-refractivity contribution in [3.63, 3.8) is 0 Å². The van der Waals surface area contributed by atoms with E-state index in [-0.39, 0.29) is 27.6 Å². The number of fused-ring (bicyclic) bond motifs is 8. The quantitative estimate of drug-likeness (QED) is 0.452. The van der Waals surface area contributed by atoms with Crippen molar-refractivity contribution in [1.29, 1.82) is 0 Å².